The Balaban J connectivity index is 2.38. The third-order valence-corrected chi connectivity index (χ3v) is 2.06. The van der Waals surface area contributed by atoms with Gasteiger partial charge in [-0.25, -0.2) is 4.68 Å². The Hall–Kier alpha value is -2.61. The second-order valence-corrected chi connectivity index (χ2v) is 3.18. The molecule has 2 N–H and O–H groups in total. The molecule has 0 bridgehead atoms. The summed E-state index contributed by atoms with van der Waals surface area (Å²) in [6, 6.07) is 9.93. The van der Waals surface area contributed by atoms with E-state index in [2.05, 4.69) is 5.10 Å². The fraction of sp³-hybridized carbons (Fsp3) is 0. The van der Waals surface area contributed by atoms with Gasteiger partial charge in [-0.2, -0.15) is 5.26 Å². The summed E-state index contributed by atoms with van der Waals surface area (Å²) in [4.78, 5) is 11.9. The Morgan fingerprint density at radius 2 is 2.25 bits per heavy atom. The first-order chi connectivity index (χ1) is 7.70. The Kier molecular flexibility index (Phi) is 2.40. The van der Waals surface area contributed by atoms with E-state index in [1.807, 2.05) is 6.07 Å². The highest BCUT2D eigenvalue weighted by molar-refractivity contribution is 5.95. The smallest absolute Gasteiger partial charge is 0.278 e. The average Bonchev–Trinajstić information content (AvgIpc) is 2.75. The number of nitrogen functional groups attached to an aromatic ring is 1. The molecule has 0 amide bonds. The normalized spacial score (nSPS) is 9.69. The maximum atomic E-state index is 11.9. The molecule has 1 aromatic heterocycles. The van der Waals surface area contributed by atoms with Crippen molar-refractivity contribution in [1.82, 2.24) is 9.78 Å². The first-order valence-electron chi connectivity index (χ1n) is 4.57. The summed E-state index contributed by atoms with van der Waals surface area (Å²) < 4.78 is 1.14. The van der Waals surface area contributed by atoms with Gasteiger partial charge in [0.25, 0.3) is 5.91 Å². The summed E-state index contributed by atoms with van der Waals surface area (Å²) in [5.41, 5.74) is 6.25. The van der Waals surface area contributed by atoms with Crippen molar-refractivity contribution in [2.45, 2.75) is 0 Å². The molecule has 0 radical (unpaired) electrons. The van der Waals surface area contributed by atoms with Gasteiger partial charge in [-0.1, -0.05) is 6.07 Å². The SMILES string of the molecule is N#Cc1cccc(C(=O)n2ccc(N)n2)c1. The number of hydrogen-bond acceptors (Lipinski definition) is 4. The number of nitrogens with zero attached hydrogens (tertiary/aromatic N) is 3. The highest BCUT2D eigenvalue weighted by atomic mass is 16.2. The third-order valence-electron chi connectivity index (χ3n) is 2.06. The predicted octanol–water partition coefficient (Wildman–Crippen LogP) is 1.03. The fourth-order valence-electron chi connectivity index (χ4n) is 1.31. The van der Waals surface area contributed by atoms with Gasteiger partial charge in [-0.3, -0.25) is 4.79 Å². The van der Waals surface area contributed by atoms with Gasteiger partial charge in [0.05, 0.1) is 11.6 Å². The van der Waals surface area contributed by atoms with Gasteiger partial charge in [0, 0.05) is 17.8 Å². The topological polar surface area (TPSA) is 84.7 Å². The predicted molar refractivity (Wildman–Crippen MR) is 57.5 cm³/mol. The van der Waals surface area contributed by atoms with Gasteiger partial charge >= 0.3 is 0 Å². The number of rotatable bonds is 1. The van der Waals surface area contributed by atoms with Crippen LogP contribution in [0.4, 0.5) is 5.82 Å². The number of benzene rings is 1. The highest BCUT2D eigenvalue weighted by Gasteiger charge is 2.09. The van der Waals surface area contributed by atoms with Crippen molar-refractivity contribution in [3.05, 3.63) is 47.7 Å². The minimum Gasteiger partial charge on any atom is -0.382 e. The molecule has 1 heterocycles. The van der Waals surface area contributed by atoms with Crippen molar-refractivity contribution in [3.8, 4) is 6.07 Å². The zero-order valence-electron chi connectivity index (χ0n) is 8.29. The standard InChI is InChI=1S/C11H8N4O/c12-7-8-2-1-3-9(6-8)11(16)15-5-4-10(13)14-15/h1-6H,(H2,13,14). The van der Waals surface area contributed by atoms with Crippen molar-refractivity contribution >= 4 is 11.7 Å². The Bertz CT molecular complexity index is 580. The van der Waals surface area contributed by atoms with Crippen molar-refractivity contribution in [3.63, 3.8) is 0 Å². The summed E-state index contributed by atoms with van der Waals surface area (Å²) in [5.74, 6) is -0.0291. The molecule has 0 aliphatic carbocycles. The number of nitrogens with two attached hydrogens (primary N) is 1. The number of nitriles is 1. The zero-order chi connectivity index (χ0) is 11.5. The van der Waals surface area contributed by atoms with Crippen LogP contribution >= 0.6 is 0 Å². The lowest BCUT2D eigenvalue weighted by Gasteiger charge is -2.00. The number of hydrogen-bond donors (Lipinski definition) is 1. The van der Waals surface area contributed by atoms with Crippen LogP contribution in [0.1, 0.15) is 15.9 Å². The van der Waals surface area contributed by atoms with Crippen LogP contribution in [0.15, 0.2) is 36.5 Å². The number of carbonyl (C=O) groups excluding carboxylic acids is 1. The van der Waals surface area contributed by atoms with Gasteiger partial charge in [0.15, 0.2) is 0 Å². The van der Waals surface area contributed by atoms with E-state index in [0.29, 0.717) is 11.1 Å². The Morgan fingerprint density at radius 1 is 1.44 bits per heavy atom. The van der Waals surface area contributed by atoms with Crippen LogP contribution in [0.3, 0.4) is 0 Å². The van der Waals surface area contributed by atoms with Crippen LogP contribution in [0, 0.1) is 11.3 Å². The van der Waals surface area contributed by atoms with Crippen molar-refractivity contribution in [2.75, 3.05) is 5.73 Å². The molecule has 16 heavy (non-hydrogen) atoms. The van der Waals surface area contributed by atoms with E-state index in [9.17, 15) is 4.79 Å². The van der Waals surface area contributed by atoms with Gasteiger partial charge < -0.3 is 5.73 Å². The maximum absolute atomic E-state index is 11.9. The molecule has 0 aliphatic rings. The lowest BCUT2D eigenvalue weighted by molar-refractivity contribution is 0.0945. The number of anilines is 1. The van der Waals surface area contributed by atoms with Crippen molar-refractivity contribution in [1.29, 1.82) is 5.26 Å². The van der Waals surface area contributed by atoms with Gasteiger partial charge in [-0.15, -0.1) is 5.10 Å². The van der Waals surface area contributed by atoms with Crippen LogP contribution in [0.2, 0.25) is 0 Å². The van der Waals surface area contributed by atoms with Crippen LogP contribution in [0.25, 0.3) is 0 Å². The molecule has 5 heteroatoms. The lowest BCUT2D eigenvalue weighted by Crippen LogP contribution is -2.12. The minimum atomic E-state index is -0.311. The van der Waals surface area contributed by atoms with Gasteiger partial charge in [-0.05, 0) is 18.2 Å². The van der Waals surface area contributed by atoms with E-state index in [-0.39, 0.29) is 11.7 Å². The third kappa shape index (κ3) is 1.77. The molecule has 0 fully saturated rings. The fourth-order valence-corrected chi connectivity index (χ4v) is 1.31. The second-order valence-electron chi connectivity index (χ2n) is 3.18. The van der Waals surface area contributed by atoms with Crippen LogP contribution in [-0.2, 0) is 0 Å². The van der Waals surface area contributed by atoms with Crippen molar-refractivity contribution in [2.24, 2.45) is 0 Å². The molecule has 2 aromatic rings. The molecule has 0 saturated carbocycles. The molecular formula is C11H8N4O. The molecule has 1 aromatic carbocycles. The average molecular weight is 212 g/mol. The van der Waals surface area contributed by atoms with Crippen LogP contribution in [-0.4, -0.2) is 15.7 Å². The van der Waals surface area contributed by atoms with Gasteiger partial charge in [0.2, 0.25) is 0 Å². The molecular weight excluding hydrogens is 204 g/mol. The van der Waals surface area contributed by atoms with Gasteiger partial charge in [0.1, 0.15) is 5.82 Å². The molecule has 5 nitrogen and oxygen atoms in total. The molecule has 0 saturated heterocycles. The molecule has 78 valence electrons. The van der Waals surface area contributed by atoms with E-state index in [0.717, 1.165) is 4.68 Å². The van der Waals surface area contributed by atoms with Crippen molar-refractivity contribution < 1.29 is 4.79 Å². The summed E-state index contributed by atoms with van der Waals surface area (Å²) in [5, 5.41) is 12.5. The number of carbonyl (C=O) groups is 1. The van der Waals surface area contributed by atoms with Crippen LogP contribution in [0.5, 0.6) is 0 Å². The van der Waals surface area contributed by atoms with E-state index in [1.165, 1.54) is 18.3 Å². The van der Waals surface area contributed by atoms with E-state index in [1.54, 1.807) is 18.2 Å². The summed E-state index contributed by atoms with van der Waals surface area (Å²) in [6.45, 7) is 0. The molecule has 2 rings (SSSR count). The molecule has 0 unspecified atom stereocenters. The highest BCUT2D eigenvalue weighted by Crippen LogP contribution is 2.07. The maximum Gasteiger partial charge on any atom is 0.278 e. The van der Waals surface area contributed by atoms with Crippen LogP contribution < -0.4 is 5.73 Å². The van der Waals surface area contributed by atoms with E-state index < -0.39 is 0 Å². The molecule has 0 spiro atoms. The first kappa shape index (κ1) is 9.93. The lowest BCUT2D eigenvalue weighted by atomic mass is 10.1. The number of aromatic nitrogens is 2. The second kappa shape index (κ2) is 3.87. The largest absolute Gasteiger partial charge is 0.382 e. The van der Waals surface area contributed by atoms with E-state index in [4.69, 9.17) is 11.0 Å². The minimum absolute atomic E-state index is 0.282. The van der Waals surface area contributed by atoms with E-state index >= 15 is 0 Å². The zero-order valence-corrected chi connectivity index (χ0v) is 8.29. The Labute approximate surface area is 91.7 Å². The Morgan fingerprint density at radius 3 is 2.88 bits per heavy atom. The molecule has 0 aliphatic heterocycles. The molecule has 0 atom stereocenters. The summed E-state index contributed by atoms with van der Waals surface area (Å²) in [7, 11) is 0. The summed E-state index contributed by atoms with van der Waals surface area (Å²) >= 11 is 0. The quantitative estimate of drug-likeness (QED) is 0.764. The summed E-state index contributed by atoms with van der Waals surface area (Å²) in [6.07, 6.45) is 1.48. The first-order valence-corrected chi connectivity index (χ1v) is 4.57. The monoisotopic (exact) mass is 212 g/mol.